The lowest BCUT2D eigenvalue weighted by Gasteiger charge is -2.40. The molecule has 1 saturated heterocycles. The number of amides is 1. The number of carbonyl (C=O) groups excluding carboxylic acids is 1. The van der Waals surface area contributed by atoms with Crippen LogP contribution < -0.4 is 0 Å². The first-order valence-electron chi connectivity index (χ1n) is 6.73. The summed E-state index contributed by atoms with van der Waals surface area (Å²) in [5.41, 5.74) is -0.797. The number of rotatable bonds is 3. The zero-order valence-electron chi connectivity index (χ0n) is 11.5. The molecule has 1 heterocycles. The molecule has 1 rings (SSSR count). The van der Waals surface area contributed by atoms with Crippen molar-refractivity contribution in [2.24, 2.45) is 11.3 Å². The normalized spacial score (nSPS) is 25.5. The zero-order valence-corrected chi connectivity index (χ0v) is 11.5. The lowest BCUT2D eigenvalue weighted by molar-refractivity contribution is -0.143. The van der Waals surface area contributed by atoms with E-state index in [1.165, 1.54) is 0 Å². The Morgan fingerprint density at radius 1 is 1.41 bits per heavy atom. The highest BCUT2D eigenvalue weighted by Crippen LogP contribution is 2.32. The second-order valence-electron chi connectivity index (χ2n) is 5.38. The predicted octanol–water partition coefficient (Wildman–Crippen LogP) is 2.96. The van der Waals surface area contributed by atoms with E-state index in [4.69, 9.17) is 0 Å². The summed E-state index contributed by atoms with van der Waals surface area (Å²) in [7, 11) is 0. The van der Waals surface area contributed by atoms with Crippen LogP contribution in [0.1, 0.15) is 53.4 Å². The third-order valence-electron chi connectivity index (χ3n) is 4.23. The van der Waals surface area contributed by atoms with Crippen molar-refractivity contribution in [3.63, 3.8) is 0 Å². The molecular formula is C14H24N2O. The van der Waals surface area contributed by atoms with Crippen molar-refractivity contribution in [1.82, 2.24) is 4.90 Å². The number of nitrogens with zero attached hydrogens (tertiary/aromatic N) is 2. The number of carbonyl (C=O) groups is 1. The van der Waals surface area contributed by atoms with Crippen molar-refractivity contribution in [3.8, 4) is 6.07 Å². The summed E-state index contributed by atoms with van der Waals surface area (Å²) in [6.45, 7) is 9.00. The number of nitriles is 1. The topological polar surface area (TPSA) is 44.1 Å². The van der Waals surface area contributed by atoms with Crippen LogP contribution in [0.3, 0.4) is 0 Å². The van der Waals surface area contributed by atoms with Gasteiger partial charge in [-0.15, -0.1) is 0 Å². The van der Waals surface area contributed by atoms with Crippen LogP contribution in [0.5, 0.6) is 0 Å². The number of likely N-dealkylation sites (tertiary alicyclic amines) is 1. The first-order chi connectivity index (χ1) is 8.00. The molecule has 96 valence electrons. The SMILES string of the molecule is CCC(C#N)(CC)C(=O)N1CCC(C)CC1C. The fraction of sp³-hybridized carbons (Fsp3) is 0.857. The van der Waals surface area contributed by atoms with Gasteiger partial charge in [-0.05, 0) is 38.5 Å². The Labute approximate surface area is 105 Å². The highest BCUT2D eigenvalue weighted by molar-refractivity contribution is 5.85. The lowest BCUT2D eigenvalue weighted by atomic mass is 9.81. The Balaban J connectivity index is 2.85. The molecular weight excluding hydrogens is 212 g/mol. The Kier molecular flexibility index (Phi) is 4.56. The summed E-state index contributed by atoms with van der Waals surface area (Å²) < 4.78 is 0. The Morgan fingerprint density at radius 3 is 2.41 bits per heavy atom. The first kappa shape index (κ1) is 14.0. The average molecular weight is 236 g/mol. The van der Waals surface area contributed by atoms with Gasteiger partial charge in [-0.1, -0.05) is 20.8 Å². The van der Waals surface area contributed by atoms with Gasteiger partial charge in [0.25, 0.3) is 0 Å². The maximum absolute atomic E-state index is 12.5. The van der Waals surface area contributed by atoms with E-state index in [-0.39, 0.29) is 11.9 Å². The smallest absolute Gasteiger partial charge is 0.243 e. The molecule has 0 saturated carbocycles. The van der Waals surface area contributed by atoms with E-state index >= 15 is 0 Å². The zero-order chi connectivity index (χ0) is 13.1. The molecule has 0 aromatic carbocycles. The van der Waals surface area contributed by atoms with Crippen LogP contribution in [-0.2, 0) is 4.79 Å². The molecule has 0 aromatic rings. The van der Waals surface area contributed by atoms with Crippen LogP contribution in [0.25, 0.3) is 0 Å². The van der Waals surface area contributed by atoms with Gasteiger partial charge in [0.05, 0.1) is 6.07 Å². The van der Waals surface area contributed by atoms with E-state index in [9.17, 15) is 10.1 Å². The average Bonchev–Trinajstić information content (AvgIpc) is 2.32. The van der Waals surface area contributed by atoms with Gasteiger partial charge >= 0.3 is 0 Å². The van der Waals surface area contributed by atoms with Crippen molar-refractivity contribution < 1.29 is 4.79 Å². The molecule has 0 aliphatic carbocycles. The van der Waals surface area contributed by atoms with Crippen molar-refractivity contribution >= 4 is 5.91 Å². The molecule has 1 aliphatic heterocycles. The summed E-state index contributed by atoms with van der Waals surface area (Å²) >= 11 is 0. The van der Waals surface area contributed by atoms with Gasteiger partial charge in [-0.3, -0.25) is 4.79 Å². The standard InChI is InChI=1S/C14H24N2O/c1-5-14(6-2,10-15)13(17)16-8-7-11(3)9-12(16)4/h11-12H,5-9H2,1-4H3. The third kappa shape index (κ3) is 2.62. The highest BCUT2D eigenvalue weighted by Gasteiger charge is 2.41. The molecule has 3 heteroatoms. The Hall–Kier alpha value is -1.04. The fourth-order valence-corrected chi connectivity index (χ4v) is 2.74. The molecule has 0 bridgehead atoms. The third-order valence-corrected chi connectivity index (χ3v) is 4.23. The second kappa shape index (κ2) is 5.53. The van der Waals surface area contributed by atoms with Gasteiger partial charge < -0.3 is 4.90 Å². The van der Waals surface area contributed by atoms with Crippen molar-refractivity contribution in [3.05, 3.63) is 0 Å². The molecule has 1 fully saturated rings. The monoisotopic (exact) mass is 236 g/mol. The molecule has 1 amide bonds. The summed E-state index contributed by atoms with van der Waals surface area (Å²) in [6.07, 6.45) is 3.33. The van der Waals surface area contributed by atoms with Crippen LogP contribution in [0.4, 0.5) is 0 Å². The molecule has 3 nitrogen and oxygen atoms in total. The van der Waals surface area contributed by atoms with Crippen LogP contribution in [-0.4, -0.2) is 23.4 Å². The van der Waals surface area contributed by atoms with Gasteiger partial charge in [-0.25, -0.2) is 0 Å². The highest BCUT2D eigenvalue weighted by atomic mass is 16.2. The van der Waals surface area contributed by atoms with Crippen molar-refractivity contribution in [2.45, 2.75) is 59.4 Å². The lowest BCUT2D eigenvalue weighted by Crippen LogP contribution is -2.50. The molecule has 17 heavy (non-hydrogen) atoms. The van der Waals surface area contributed by atoms with Crippen molar-refractivity contribution in [1.29, 1.82) is 5.26 Å². The minimum Gasteiger partial charge on any atom is -0.339 e. The molecule has 0 aromatic heterocycles. The van der Waals surface area contributed by atoms with Crippen LogP contribution in [0, 0.1) is 22.7 Å². The van der Waals surface area contributed by atoms with E-state index in [1.54, 1.807) is 0 Å². The van der Waals surface area contributed by atoms with Crippen molar-refractivity contribution in [2.75, 3.05) is 6.54 Å². The fourth-order valence-electron chi connectivity index (χ4n) is 2.74. The summed E-state index contributed by atoms with van der Waals surface area (Å²) in [6, 6.07) is 2.53. The first-order valence-corrected chi connectivity index (χ1v) is 6.73. The number of piperidine rings is 1. The van der Waals surface area contributed by atoms with E-state index < -0.39 is 5.41 Å². The number of hydrogen-bond acceptors (Lipinski definition) is 2. The minimum atomic E-state index is -0.797. The quantitative estimate of drug-likeness (QED) is 0.756. The van der Waals surface area contributed by atoms with Gasteiger partial charge in [-0.2, -0.15) is 5.26 Å². The molecule has 0 radical (unpaired) electrons. The van der Waals surface area contributed by atoms with Gasteiger partial charge in [0.2, 0.25) is 5.91 Å². The summed E-state index contributed by atoms with van der Waals surface area (Å²) in [5.74, 6) is 0.734. The molecule has 2 atom stereocenters. The summed E-state index contributed by atoms with van der Waals surface area (Å²) in [4.78, 5) is 14.5. The maximum atomic E-state index is 12.5. The van der Waals surface area contributed by atoms with Crippen LogP contribution in [0.15, 0.2) is 0 Å². The van der Waals surface area contributed by atoms with E-state index in [0.717, 1.165) is 19.4 Å². The largest absolute Gasteiger partial charge is 0.339 e. The minimum absolute atomic E-state index is 0.0457. The van der Waals surface area contributed by atoms with E-state index in [0.29, 0.717) is 18.8 Å². The predicted molar refractivity (Wildman–Crippen MR) is 68.2 cm³/mol. The maximum Gasteiger partial charge on any atom is 0.243 e. The Bertz CT molecular complexity index is 315. The molecule has 1 aliphatic rings. The molecule has 2 unspecified atom stereocenters. The summed E-state index contributed by atoms with van der Waals surface area (Å²) in [5, 5.41) is 9.32. The molecule has 0 N–H and O–H groups in total. The van der Waals surface area contributed by atoms with E-state index in [1.807, 2.05) is 18.7 Å². The van der Waals surface area contributed by atoms with Crippen LogP contribution in [0.2, 0.25) is 0 Å². The second-order valence-corrected chi connectivity index (χ2v) is 5.38. The van der Waals surface area contributed by atoms with E-state index in [2.05, 4.69) is 19.9 Å². The van der Waals surface area contributed by atoms with Gasteiger partial charge in [0, 0.05) is 12.6 Å². The number of hydrogen-bond donors (Lipinski definition) is 0. The van der Waals surface area contributed by atoms with Gasteiger partial charge in [0.15, 0.2) is 0 Å². The van der Waals surface area contributed by atoms with Crippen LogP contribution >= 0.6 is 0 Å². The molecule has 0 spiro atoms. The Morgan fingerprint density at radius 2 is 2.00 bits per heavy atom. The van der Waals surface area contributed by atoms with Gasteiger partial charge in [0.1, 0.15) is 5.41 Å².